The van der Waals surface area contributed by atoms with Crippen LogP contribution in [-0.4, -0.2) is 87.6 Å². The van der Waals surface area contributed by atoms with Crippen molar-refractivity contribution in [3.05, 3.63) is 108 Å². The van der Waals surface area contributed by atoms with E-state index in [-0.39, 0.29) is 31.4 Å². The van der Waals surface area contributed by atoms with Gasteiger partial charge in [-0.3, -0.25) is 9.59 Å². The lowest BCUT2D eigenvalue weighted by Crippen LogP contribution is -2.43. The van der Waals surface area contributed by atoms with E-state index in [0.717, 1.165) is 46.5 Å². The highest BCUT2D eigenvalue weighted by Gasteiger charge is 2.28. The molecule has 282 valence electrons. The van der Waals surface area contributed by atoms with Gasteiger partial charge in [-0.05, 0) is 40.7 Å². The summed E-state index contributed by atoms with van der Waals surface area (Å²) in [6.45, 7) is 5.35. The third-order valence-electron chi connectivity index (χ3n) is 8.71. The van der Waals surface area contributed by atoms with Crippen LogP contribution in [0.1, 0.15) is 49.9 Å². The maximum Gasteiger partial charge on any atom is 0.407 e. The SMILES string of the molecule is CCCN(Cc1ncc(-c2ccc(-c3ccc(-c4cnc(CN(CCC)C(=O)[C@H](NC(=O)OC)c5ccccc5)[nH]4)cc3)cc2)[nH]1)C(=O)CNC(=O)OC. The number of H-pyrrole nitrogens is 2. The molecule has 0 radical (unpaired) electrons. The second kappa shape index (κ2) is 18.9. The smallest absolute Gasteiger partial charge is 0.407 e. The molecular weight excluding hydrogens is 688 g/mol. The van der Waals surface area contributed by atoms with Gasteiger partial charge in [-0.15, -0.1) is 0 Å². The summed E-state index contributed by atoms with van der Waals surface area (Å²) in [6.07, 6.45) is 3.65. The molecule has 2 aromatic heterocycles. The average molecular weight is 735 g/mol. The molecule has 4 N–H and O–H groups in total. The Kier molecular flexibility index (Phi) is 13.6. The van der Waals surface area contributed by atoms with Gasteiger partial charge in [0.05, 0.1) is 51.1 Å². The number of carbonyl (C=O) groups is 4. The minimum absolute atomic E-state index is 0.152. The third kappa shape index (κ3) is 10.1. The van der Waals surface area contributed by atoms with Crippen LogP contribution in [0.4, 0.5) is 9.59 Å². The Hall–Kier alpha value is -6.44. The zero-order valence-corrected chi connectivity index (χ0v) is 30.9. The molecule has 14 nitrogen and oxygen atoms in total. The number of rotatable bonds is 16. The van der Waals surface area contributed by atoms with E-state index in [1.54, 1.807) is 34.3 Å². The van der Waals surface area contributed by atoms with E-state index in [9.17, 15) is 19.2 Å². The molecule has 2 heterocycles. The zero-order valence-electron chi connectivity index (χ0n) is 30.9. The standard InChI is InChI=1S/C40H46N8O6/c1-5-20-47(36(49)24-43-39(51)53-3)25-34-41-22-32(44-34)29-16-12-27(13-17-29)28-14-18-30(19-15-28)33-23-42-35(45-33)26-48(21-6-2)38(50)37(46-40(52)54-4)31-10-8-7-9-11-31/h7-19,22-23,37H,5-6,20-21,24-26H2,1-4H3,(H,41,44)(H,42,45)(H,43,51)(H,46,52)/t37-/m1/s1. The van der Waals surface area contributed by atoms with E-state index in [0.29, 0.717) is 30.3 Å². The molecule has 1 atom stereocenters. The molecule has 0 spiro atoms. The van der Waals surface area contributed by atoms with Gasteiger partial charge in [-0.2, -0.15) is 0 Å². The van der Waals surface area contributed by atoms with Gasteiger partial charge >= 0.3 is 12.2 Å². The predicted octanol–water partition coefficient (Wildman–Crippen LogP) is 6.06. The first kappa shape index (κ1) is 38.8. The Labute approximate surface area is 314 Å². The summed E-state index contributed by atoms with van der Waals surface area (Å²) in [6, 6.07) is 24.4. The van der Waals surface area contributed by atoms with Gasteiger partial charge in [-0.25, -0.2) is 19.6 Å². The molecule has 5 rings (SSSR count). The highest BCUT2D eigenvalue weighted by Crippen LogP contribution is 2.27. The van der Waals surface area contributed by atoms with Gasteiger partial charge in [0, 0.05) is 13.1 Å². The Morgan fingerprint density at radius 3 is 1.65 bits per heavy atom. The maximum atomic E-state index is 13.8. The van der Waals surface area contributed by atoms with Crippen molar-refractivity contribution in [1.82, 2.24) is 40.4 Å². The number of benzene rings is 3. The molecule has 0 aliphatic rings. The first-order valence-corrected chi connectivity index (χ1v) is 17.8. The lowest BCUT2D eigenvalue weighted by Gasteiger charge is -2.27. The summed E-state index contributed by atoms with van der Waals surface area (Å²) in [5.41, 5.74) is 6.27. The van der Waals surface area contributed by atoms with E-state index >= 15 is 0 Å². The second-order valence-corrected chi connectivity index (χ2v) is 12.5. The Morgan fingerprint density at radius 2 is 1.15 bits per heavy atom. The lowest BCUT2D eigenvalue weighted by atomic mass is 10.0. The normalized spacial score (nSPS) is 11.3. The summed E-state index contributed by atoms with van der Waals surface area (Å²) in [4.78, 5) is 69.0. The van der Waals surface area contributed by atoms with Crippen LogP contribution in [0.25, 0.3) is 33.6 Å². The molecule has 0 aliphatic carbocycles. The number of nitrogens with one attached hydrogen (secondary N) is 4. The highest BCUT2D eigenvalue weighted by molar-refractivity contribution is 5.87. The minimum Gasteiger partial charge on any atom is -0.453 e. The van der Waals surface area contributed by atoms with Gasteiger partial charge in [0.25, 0.3) is 0 Å². The molecule has 0 fully saturated rings. The predicted molar refractivity (Wildman–Crippen MR) is 204 cm³/mol. The van der Waals surface area contributed by atoms with Gasteiger partial charge in [0.1, 0.15) is 24.2 Å². The van der Waals surface area contributed by atoms with E-state index in [2.05, 4.69) is 35.3 Å². The Morgan fingerprint density at radius 1 is 0.667 bits per heavy atom. The van der Waals surface area contributed by atoms with Gasteiger partial charge in [0.2, 0.25) is 11.8 Å². The molecule has 0 saturated heterocycles. The van der Waals surface area contributed by atoms with Crippen LogP contribution in [0.15, 0.2) is 91.3 Å². The Balaban J connectivity index is 1.22. The number of hydrogen-bond acceptors (Lipinski definition) is 8. The molecular formula is C40H46N8O6. The fraction of sp³-hybridized carbons (Fsp3) is 0.300. The number of aromatic amines is 2. The van der Waals surface area contributed by atoms with E-state index in [1.165, 1.54) is 14.2 Å². The number of imidazole rings is 2. The van der Waals surface area contributed by atoms with Crippen molar-refractivity contribution in [1.29, 1.82) is 0 Å². The number of aromatic nitrogens is 4. The van der Waals surface area contributed by atoms with Crippen LogP contribution >= 0.6 is 0 Å². The van der Waals surface area contributed by atoms with Gasteiger partial charge in [-0.1, -0.05) is 92.7 Å². The molecule has 0 unspecified atom stereocenters. The molecule has 0 bridgehead atoms. The van der Waals surface area contributed by atoms with Crippen LogP contribution in [0, 0.1) is 0 Å². The second-order valence-electron chi connectivity index (χ2n) is 12.5. The lowest BCUT2D eigenvalue weighted by molar-refractivity contribution is -0.134. The monoisotopic (exact) mass is 734 g/mol. The van der Waals surface area contributed by atoms with Crippen molar-refractivity contribution in [2.45, 2.75) is 45.8 Å². The van der Waals surface area contributed by atoms with Crippen LogP contribution < -0.4 is 10.6 Å². The molecule has 4 amide bonds. The summed E-state index contributed by atoms with van der Waals surface area (Å²) in [7, 11) is 2.52. The number of ether oxygens (including phenoxy) is 2. The molecule has 0 aliphatic heterocycles. The average Bonchev–Trinajstić information content (AvgIpc) is 3.89. The summed E-state index contributed by atoms with van der Waals surface area (Å²) in [5.74, 6) is 0.783. The molecule has 0 saturated carbocycles. The topological polar surface area (TPSA) is 175 Å². The maximum absolute atomic E-state index is 13.8. The van der Waals surface area contributed by atoms with Crippen molar-refractivity contribution in [3.8, 4) is 33.6 Å². The number of alkyl carbamates (subject to hydrolysis) is 2. The highest BCUT2D eigenvalue weighted by atomic mass is 16.5. The summed E-state index contributed by atoms with van der Waals surface area (Å²) < 4.78 is 9.35. The fourth-order valence-electron chi connectivity index (χ4n) is 5.95. The molecule has 54 heavy (non-hydrogen) atoms. The van der Waals surface area contributed by atoms with Crippen molar-refractivity contribution < 1.29 is 28.7 Å². The number of carbonyl (C=O) groups excluding carboxylic acids is 4. The first-order valence-electron chi connectivity index (χ1n) is 17.8. The molecule has 14 heteroatoms. The number of nitrogens with zero attached hydrogens (tertiary/aromatic N) is 4. The van der Waals surface area contributed by atoms with Crippen molar-refractivity contribution in [2.24, 2.45) is 0 Å². The number of methoxy groups -OCH3 is 2. The van der Waals surface area contributed by atoms with Gasteiger partial charge < -0.3 is 39.9 Å². The van der Waals surface area contributed by atoms with E-state index < -0.39 is 18.2 Å². The van der Waals surface area contributed by atoms with Crippen LogP contribution in [0.5, 0.6) is 0 Å². The first-order chi connectivity index (χ1) is 26.2. The summed E-state index contributed by atoms with van der Waals surface area (Å²) in [5, 5.41) is 5.11. The molecule has 5 aromatic rings. The quantitative estimate of drug-likeness (QED) is 0.0946. The van der Waals surface area contributed by atoms with Crippen LogP contribution in [0.2, 0.25) is 0 Å². The molecule has 3 aromatic carbocycles. The van der Waals surface area contributed by atoms with Crippen molar-refractivity contribution in [2.75, 3.05) is 33.9 Å². The van der Waals surface area contributed by atoms with Crippen molar-refractivity contribution in [3.63, 3.8) is 0 Å². The van der Waals surface area contributed by atoms with E-state index in [4.69, 9.17) is 4.74 Å². The summed E-state index contributed by atoms with van der Waals surface area (Å²) >= 11 is 0. The zero-order chi connectivity index (χ0) is 38.5. The number of hydrogen-bond donors (Lipinski definition) is 4. The van der Waals surface area contributed by atoms with E-state index in [1.807, 2.05) is 80.6 Å². The van der Waals surface area contributed by atoms with Crippen molar-refractivity contribution >= 4 is 24.0 Å². The number of amides is 4. The largest absolute Gasteiger partial charge is 0.453 e. The minimum atomic E-state index is -0.902. The van der Waals surface area contributed by atoms with Gasteiger partial charge in [0.15, 0.2) is 0 Å². The third-order valence-corrected chi connectivity index (χ3v) is 8.71. The fourth-order valence-corrected chi connectivity index (χ4v) is 5.95. The van der Waals surface area contributed by atoms with Crippen LogP contribution in [0.3, 0.4) is 0 Å². The Bertz CT molecular complexity index is 1990. The van der Waals surface area contributed by atoms with Crippen LogP contribution in [-0.2, 0) is 32.2 Å².